The Morgan fingerprint density at radius 2 is 2.22 bits per heavy atom. The van der Waals surface area contributed by atoms with Gasteiger partial charge >= 0.3 is 0 Å². The van der Waals surface area contributed by atoms with Crippen molar-refractivity contribution in [3.63, 3.8) is 0 Å². The van der Waals surface area contributed by atoms with Crippen LogP contribution < -0.4 is 11.1 Å². The van der Waals surface area contributed by atoms with Crippen molar-refractivity contribution in [2.45, 2.75) is 19.8 Å². The van der Waals surface area contributed by atoms with Gasteiger partial charge in [0.15, 0.2) is 5.13 Å². The molecule has 0 saturated heterocycles. The number of fused-ring (bicyclic) bond motifs is 1. The molecule has 0 unspecified atom stereocenters. The molecule has 92 valence electrons. The number of nitrogens with zero attached hydrogens (tertiary/aromatic N) is 1. The monoisotopic (exact) mass is 259 g/mol. The van der Waals surface area contributed by atoms with E-state index in [1.54, 1.807) is 0 Å². The minimum atomic E-state index is 0.0873. The van der Waals surface area contributed by atoms with Gasteiger partial charge in [-0.2, -0.15) is 0 Å². The molecule has 0 fully saturated rings. The summed E-state index contributed by atoms with van der Waals surface area (Å²) >= 11 is 1.50. The highest BCUT2D eigenvalue weighted by Crippen LogP contribution is 2.32. The van der Waals surface area contributed by atoms with Crippen molar-refractivity contribution in [3.05, 3.63) is 28.6 Å². The molecule has 2 aromatic rings. The summed E-state index contributed by atoms with van der Waals surface area (Å²) in [5.41, 5.74) is 9.81. The highest BCUT2D eigenvalue weighted by Gasteiger charge is 2.16. The van der Waals surface area contributed by atoms with Crippen molar-refractivity contribution in [1.82, 2.24) is 4.98 Å². The van der Waals surface area contributed by atoms with Crippen LogP contribution in [0.5, 0.6) is 0 Å². The lowest BCUT2D eigenvalue weighted by Gasteiger charge is -2.17. The van der Waals surface area contributed by atoms with Crippen molar-refractivity contribution in [2.24, 2.45) is 0 Å². The van der Waals surface area contributed by atoms with Gasteiger partial charge in [0.05, 0.1) is 5.69 Å². The first kappa shape index (κ1) is 11.2. The number of nitrogens with two attached hydrogens (primary N) is 1. The van der Waals surface area contributed by atoms with E-state index in [1.165, 1.54) is 11.3 Å². The highest BCUT2D eigenvalue weighted by molar-refractivity contribution is 7.15. The number of hydrogen-bond donors (Lipinski definition) is 2. The lowest BCUT2D eigenvalue weighted by atomic mass is 9.99. The minimum absolute atomic E-state index is 0.0873. The van der Waals surface area contributed by atoms with Crippen molar-refractivity contribution < 1.29 is 4.79 Å². The third-order valence-electron chi connectivity index (χ3n) is 3.09. The first-order valence-corrected chi connectivity index (χ1v) is 6.61. The summed E-state index contributed by atoms with van der Waals surface area (Å²) in [4.78, 5) is 16.8. The Bertz CT molecular complexity index is 633. The number of carbonyl (C=O) groups is 1. The molecule has 1 aliphatic rings. The highest BCUT2D eigenvalue weighted by atomic mass is 32.1. The smallest absolute Gasteiger partial charge is 0.224 e. The molecule has 1 amide bonds. The SMILES string of the molecule is Cc1sc(N)nc1-c1ccc2c(c1)CCC(=O)N2. The molecule has 5 heteroatoms. The molecule has 0 atom stereocenters. The van der Waals surface area contributed by atoms with E-state index in [4.69, 9.17) is 5.73 Å². The second-order valence-corrected chi connectivity index (χ2v) is 5.61. The third kappa shape index (κ3) is 1.86. The molecule has 3 N–H and O–H groups in total. The third-order valence-corrected chi connectivity index (χ3v) is 3.89. The van der Waals surface area contributed by atoms with E-state index >= 15 is 0 Å². The normalized spacial score (nSPS) is 14.2. The number of aromatic nitrogens is 1. The van der Waals surface area contributed by atoms with Gasteiger partial charge in [-0.25, -0.2) is 4.98 Å². The zero-order valence-corrected chi connectivity index (χ0v) is 10.8. The average Bonchev–Trinajstić information content (AvgIpc) is 2.68. The van der Waals surface area contributed by atoms with Crippen LogP contribution in [0.15, 0.2) is 18.2 Å². The van der Waals surface area contributed by atoms with Crippen LogP contribution in [-0.4, -0.2) is 10.9 Å². The van der Waals surface area contributed by atoms with E-state index in [1.807, 2.05) is 19.1 Å². The molecule has 0 saturated carbocycles. The lowest BCUT2D eigenvalue weighted by molar-refractivity contribution is -0.116. The molecule has 0 radical (unpaired) electrons. The summed E-state index contributed by atoms with van der Waals surface area (Å²) < 4.78 is 0. The number of rotatable bonds is 1. The Hall–Kier alpha value is -1.88. The molecule has 3 rings (SSSR count). The number of hydrogen-bond acceptors (Lipinski definition) is 4. The fourth-order valence-electron chi connectivity index (χ4n) is 2.22. The van der Waals surface area contributed by atoms with Gasteiger partial charge in [0.1, 0.15) is 0 Å². The number of amides is 1. The van der Waals surface area contributed by atoms with Crippen molar-refractivity contribution in [2.75, 3.05) is 11.1 Å². The van der Waals surface area contributed by atoms with Crippen molar-refractivity contribution in [3.8, 4) is 11.3 Å². The average molecular weight is 259 g/mol. The topological polar surface area (TPSA) is 68.0 Å². The molecule has 1 aromatic carbocycles. The van der Waals surface area contributed by atoms with Crippen LogP contribution in [0, 0.1) is 6.92 Å². The maximum atomic E-state index is 11.3. The molecular formula is C13H13N3OS. The number of thiazole rings is 1. The van der Waals surface area contributed by atoms with Gasteiger partial charge in [-0.3, -0.25) is 4.79 Å². The summed E-state index contributed by atoms with van der Waals surface area (Å²) in [6.45, 7) is 2.02. The second-order valence-electron chi connectivity index (χ2n) is 4.38. The van der Waals surface area contributed by atoms with E-state index in [0.29, 0.717) is 11.6 Å². The molecule has 0 aliphatic carbocycles. The van der Waals surface area contributed by atoms with Crippen LogP contribution in [0.3, 0.4) is 0 Å². The van der Waals surface area contributed by atoms with Crippen molar-refractivity contribution in [1.29, 1.82) is 0 Å². The fourth-order valence-corrected chi connectivity index (χ4v) is 2.93. The molecule has 0 bridgehead atoms. The van der Waals surface area contributed by atoms with Crippen molar-refractivity contribution >= 4 is 28.1 Å². The molecule has 1 aromatic heterocycles. The summed E-state index contributed by atoms with van der Waals surface area (Å²) in [6.07, 6.45) is 1.34. The van der Waals surface area contributed by atoms with Gasteiger partial charge in [-0.15, -0.1) is 11.3 Å². The van der Waals surface area contributed by atoms with Gasteiger partial charge in [0.25, 0.3) is 0 Å². The first-order valence-electron chi connectivity index (χ1n) is 5.79. The van der Waals surface area contributed by atoms with Gasteiger partial charge in [0.2, 0.25) is 5.91 Å². The maximum absolute atomic E-state index is 11.3. The first-order chi connectivity index (χ1) is 8.63. The molecule has 2 heterocycles. The Kier molecular flexibility index (Phi) is 2.56. The minimum Gasteiger partial charge on any atom is -0.375 e. The summed E-state index contributed by atoms with van der Waals surface area (Å²) in [6, 6.07) is 6.01. The second kappa shape index (κ2) is 4.10. The molecule has 0 spiro atoms. The zero-order chi connectivity index (χ0) is 12.7. The number of nitrogen functional groups attached to an aromatic ring is 1. The Morgan fingerprint density at radius 1 is 1.39 bits per heavy atom. The fraction of sp³-hybridized carbons (Fsp3) is 0.231. The Balaban J connectivity index is 2.05. The van der Waals surface area contributed by atoms with E-state index in [-0.39, 0.29) is 5.91 Å². The Labute approximate surface area is 109 Å². The van der Waals surface area contributed by atoms with Crippen LogP contribution in [0.2, 0.25) is 0 Å². The van der Waals surface area contributed by atoms with E-state index in [9.17, 15) is 4.79 Å². The van der Waals surface area contributed by atoms with Gasteiger partial charge in [-0.1, -0.05) is 6.07 Å². The van der Waals surface area contributed by atoms with Gasteiger partial charge < -0.3 is 11.1 Å². The predicted molar refractivity (Wildman–Crippen MR) is 73.7 cm³/mol. The van der Waals surface area contributed by atoms with Crippen LogP contribution in [0.1, 0.15) is 16.9 Å². The quantitative estimate of drug-likeness (QED) is 0.827. The van der Waals surface area contributed by atoms with E-state index in [0.717, 1.165) is 33.8 Å². The molecule has 18 heavy (non-hydrogen) atoms. The maximum Gasteiger partial charge on any atom is 0.224 e. The van der Waals surface area contributed by atoms with Crippen LogP contribution >= 0.6 is 11.3 Å². The van der Waals surface area contributed by atoms with Crippen LogP contribution in [-0.2, 0) is 11.2 Å². The zero-order valence-electron chi connectivity index (χ0n) is 9.99. The van der Waals surface area contributed by atoms with Gasteiger partial charge in [0, 0.05) is 22.5 Å². The summed E-state index contributed by atoms with van der Waals surface area (Å²) in [7, 11) is 0. The van der Waals surface area contributed by atoms with E-state index in [2.05, 4.69) is 16.4 Å². The van der Waals surface area contributed by atoms with Gasteiger partial charge in [-0.05, 0) is 31.0 Å². The Morgan fingerprint density at radius 3 is 2.94 bits per heavy atom. The summed E-state index contributed by atoms with van der Waals surface area (Å²) in [5, 5.41) is 3.47. The predicted octanol–water partition coefficient (Wildman–Crippen LogP) is 2.59. The summed E-state index contributed by atoms with van der Waals surface area (Å²) in [5.74, 6) is 0.0873. The van der Waals surface area contributed by atoms with Crippen LogP contribution in [0.25, 0.3) is 11.3 Å². The number of carbonyl (C=O) groups excluding carboxylic acids is 1. The number of benzene rings is 1. The number of nitrogens with one attached hydrogen (secondary N) is 1. The molecule has 1 aliphatic heterocycles. The number of anilines is 2. The number of aryl methyl sites for hydroxylation is 2. The lowest BCUT2D eigenvalue weighted by Crippen LogP contribution is -2.18. The van der Waals surface area contributed by atoms with Crippen LogP contribution in [0.4, 0.5) is 10.8 Å². The molecule has 4 nitrogen and oxygen atoms in total. The largest absolute Gasteiger partial charge is 0.375 e. The molecular weight excluding hydrogens is 246 g/mol. The van der Waals surface area contributed by atoms with E-state index < -0.39 is 0 Å². The standard InChI is InChI=1S/C13H13N3OS/c1-7-12(16-13(14)18-7)9-2-4-10-8(6-9)3-5-11(17)15-10/h2,4,6H,3,5H2,1H3,(H2,14,16)(H,15,17).